The van der Waals surface area contributed by atoms with Crippen LogP contribution in [0.2, 0.25) is 5.15 Å². The van der Waals surface area contributed by atoms with Crippen LogP contribution in [0.5, 0.6) is 0 Å². The molecular weight excluding hydrogens is 256 g/mol. The number of benzene rings is 1. The molecule has 1 heterocycles. The molecule has 1 aromatic carbocycles. The SMILES string of the molecule is Cc1cnc(Cl)c(NC2CCc3ccccc3C2)c1. The number of anilines is 1. The molecule has 98 valence electrons. The molecule has 1 N–H and O–H groups in total. The van der Waals surface area contributed by atoms with Crippen LogP contribution in [0.3, 0.4) is 0 Å². The molecule has 0 spiro atoms. The number of hydrogen-bond acceptors (Lipinski definition) is 2. The number of pyridine rings is 1. The third-order valence-corrected chi connectivity index (χ3v) is 3.98. The number of rotatable bonds is 2. The molecular formula is C16H17ClN2. The van der Waals surface area contributed by atoms with Crippen molar-refractivity contribution in [1.82, 2.24) is 4.98 Å². The van der Waals surface area contributed by atoms with E-state index in [0.29, 0.717) is 11.2 Å². The number of halogens is 1. The summed E-state index contributed by atoms with van der Waals surface area (Å²) in [5.41, 5.74) is 5.01. The molecule has 1 aromatic heterocycles. The van der Waals surface area contributed by atoms with E-state index in [2.05, 4.69) is 40.6 Å². The van der Waals surface area contributed by atoms with Gasteiger partial charge in [-0.1, -0.05) is 35.9 Å². The number of nitrogens with zero attached hydrogens (tertiary/aromatic N) is 1. The lowest BCUT2D eigenvalue weighted by Gasteiger charge is -2.26. The zero-order chi connectivity index (χ0) is 13.2. The van der Waals surface area contributed by atoms with Crippen molar-refractivity contribution in [2.75, 3.05) is 5.32 Å². The summed E-state index contributed by atoms with van der Waals surface area (Å²) in [6.07, 6.45) is 5.12. The van der Waals surface area contributed by atoms with Gasteiger partial charge in [-0.2, -0.15) is 0 Å². The van der Waals surface area contributed by atoms with E-state index in [1.807, 2.05) is 6.92 Å². The fourth-order valence-corrected chi connectivity index (χ4v) is 2.85. The van der Waals surface area contributed by atoms with Gasteiger partial charge in [-0.15, -0.1) is 0 Å². The number of fused-ring (bicyclic) bond motifs is 1. The van der Waals surface area contributed by atoms with Crippen molar-refractivity contribution in [3.05, 3.63) is 58.4 Å². The number of aryl methyl sites for hydroxylation is 2. The molecule has 1 aliphatic rings. The third-order valence-electron chi connectivity index (χ3n) is 3.68. The predicted octanol–water partition coefficient (Wildman–Crippen LogP) is 4.01. The second-order valence-corrected chi connectivity index (χ2v) is 5.56. The Hall–Kier alpha value is -1.54. The first kappa shape index (κ1) is 12.5. The first-order chi connectivity index (χ1) is 9.22. The highest BCUT2D eigenvalue weighted by molar-refractivity contribution is 6.31. The minimum absolute atomic E-state index is 0.441. The molecule has 0 radical (unpaired) electrons. The maximum absolute atomic E-state index is 6.14. The molecule has 1 aliphatic carbocycles. The van der Waals surface area contributed by atoms with Gasteiger partial charge >= 0.3 is 0 Å². The summed E-state index contributed by atoms with van der Waals surface area (Å²) in [5.74, 6) is 0. The standard InChI is InChI=1S/C16H17ClN2/c1-11-8-15(16(17)18-10-11)19-14-7-6-12-4-2-3-5-13(12)9-14/h2-5,8,10,14,19H,6-7,9H2,1H3. The van der Waals surface area contributed by atoms with Gasteiger partial charge in [0.15, 0.2) is 5.15 Å². The molecule has 3 heteroatoms. The maximum atomic E-state index is 6.14. The fraction of sp³-hybridized carbons (Fsp3) is 0.312. The lowest BCUT2D eigenvalue weighted by atomic mass is 9.88. The lowest BCUT2D eigenvalue weighted by molar-refractivity contribution is 0.610. The molecule has 0 amide bonds. The monoisotopic (exact) mass is 272 g/mol. The summed E-state index contributed by atoms with van der Waals surface area (Å²) in [5, 5.41) is 4.10. The Morgan fingerprint density at radius 3 is 2.89 bits per heavy atom. The van der Waals surface area contributed by atoms with Gasteiger partial charge in [-0.05, 0) is 48.9 Å². The van der Waals surface area contributed by atoms with Crippen molar-refractivity contribution in [1.29, 1.82) is 0 Å². The van der Waals surface area contributed by atoms with E-state index in [9.17, 15) is 0 Å². The predicted molar refractivity (Wildman–Crippen MR) is 79.9 cm³/mol. The topological polar surface area (TPSA) is 24.9 Å². The zero-order valence-corrected chi connectivity index (χ0v) is 11.7. The van der Waals surface area contributed by atoms with Gasteiger partial charge in [0.2, 0.25) is 0 Å². The van der Waals surface area contributed by atoms with Crippen molar-refractivity contribution in [3.8, 4) is 0 Å². The van der Waals surface area contributed by atoms with E-state index in [0.717, 1.165) is 30.5 Å². The van der Waals surface area contributed by atoms with Crippen molar-refractivity contribution in [2.24, 2.45) is 0 Å². The second-order valence-electron chi connectivity index (χ2n) is 5.20. The molecule has 0 saturated carbocycles. The zero-order valence-electron chi connectivity index (χ0n) is 11.0. The Morgan fingerprint density at radius 1 is 1.26 bits per heavy atom. The van der Waals surface area contributed by atoms with E-state index in [4.69, 9.17) is 11.6 Å². The fourth-order valence-electron chi connectivity index (χ4n) is 2.69. The highest BCUT2D eigenvalue weighted by atomic mass is 35.5. The van der Waals surface area contributed by atoms with Crippen molar-refractivity contribution in [3.63, 3.8) is 0 Å². The summed E-state index contributed by atoms with van der Waals surface area (Å²) in [6.45, 7) is 2.03. The highest BCUT2D eigenvalue weighted by Gasteiger charge is 2.18. The molecule has 2 nitrogen and oxygen atoms in total. The number of nitrogens with one attached hydrogen (secondary N) is 1. The van der Waals surface area contributed by atoms with E-state index < -0.39 is 0 Å². The quantitative estimate of drug-likeness (QED) is 0.836. The van der Waals surface area contributed by atoms with Crippen LogP contribution in [0.4, 0.5) is 5.69 Å². The minimum Gasteiger partial charge on any atom is -0.379 e. The van der Waals surface area contributed by atoms with Crippen LogP contribution >= 0.6 is 11.6 Å². The maximum Gasteiger partial charge on any atom is 0.152 e. The molecule has 19 heavy (non-hydrogen) atoms. The van der Waals surface area contributed by atoms with Gasteiger partial charge in [0.25, 0.3) is 0 Å². The van der Waals surface area contributed by atoms with Gasteiger partial charge in [0, 0.05) is 12.2 Å². The number of hydrogen-bond donors (Lipinski definition) is 1. The Balaban J connectivity index is 1.77. The minimum atomic E-state index is 0.441. The summed E-state index contributed by atoms with van der Waals surface area (Å²) in [4.78, 5) is 4.19. The molecule has 3 rings (SSSR count). The third kappa shape index (κ3) is 2.74. The highest BCUT2D eigenvalue weighted by Crippen LogP contribution is 2.26. The lowest BCUT2D eigenvalue weighted by Crippen LogP contribution is -2.27. The molecule has 0 aliphatic heterocycles. The summed E-state index contributed by atoms with van der Waals surface area (Å²) in [6, 6.07) is 11.2. The van der Waals surface area contributed by atoms with Crippen molar-refractivity contribution in [2.45, 2.75) is 32.2 Å². The van der Waals surface area contributed by atoms with E-state index in [-0.39, 0.29) is 0 Å². The van der Waals surface area contributed by atoms with Gasteiger partial charge in [0.05, 0.1) is 5.69 Å². The van der Waals surface area contributed by atoms with Gasteiger partial charge in [-0.3, -0.25) is 0 Å². The Morgan fingerprint density at radius 2 is 2.05 bits per heavy atom. The van der Waals surface area contributed by atoms with Crippen LogP contribution in [-0.2, 0) is 12.8 Å². The summed E-state index contributed by atoms with van der Waals surface area (Å²) in [7, 11) is 0. The van der Waals surface area contributed by atoms with Crippen LogP contribution in [-0.4, -0.2) is 11.0 Å². The molecule has 1 atom stereocenters. The van der Waals surface area contributed by atoms with E-state index >= 15 is 0 Å². The van der Waals surface area contributed by atoms with Crippen molar-refractivity contribution < 1.29 is 0 Å². The largest absolute Gasteiger partial charge is 0.379 e. The Bertz CT molecular complexity index is 595. The molecule has 0 fully saturated rings. The van der Waals surface area contributed by atoms with E-state index in [1.54, 1.807) is 6.20 Å². The first-order valence-electron chi connectivity index (χ1n) is 6.68. The van der Waals surface area contributed by atoms with Crippen LogP contribution in [0.25, 0.3) is 0 Å². The number of aromatic nitrogens is 1. The molecule has 1 unspecified atom stereocenters. The smallest absolute Gasteiger partial charge is 0.152 e. The Labute approximate surface area is 118 Å². The normalized spacial score (nSPS) is 17.9. The van der Waals surface area contributed by atoms with E-state index in [1.165, 1.54) is 11.1 Å². The van der Waals surface area contributed by atoms with Gasteiger partial charge < -0.3 is 5.32 Å². The molecule has 0 bridgehead atoms. The Kier molecular flexibility index (Phi) is 3.43. The average Bonchev–Trinajstić information content (AvgIpc) is 2.43. The van der Waals surface area contributed by atoms with Crippen molar-refractivity contribution >= 4 is 17.3 Å². The van der Waals surface area contributed by atoms with Crippen LogP contribution in [0.15, 0.2) is 36.5 Å². The summed E-state index contributed by atoms with van der Waals surface area (Å²) >= 11 is 6.14. The van der Waals surface area contributed by atoms with Gasteiger partial charge in [-0.25, -0.2) is 4.98 Å². The molecule has 0 saturated heterocycles. The van der Waals surface area contributed by atoms with Crippen LogP contribution in [0, 0.1) is 6.92 Å². The molecule has 2 aromatic rings. The second kappa shape index (κ2) is 5.22. The van der Waals surface area contributed by atoms with Crippen LogP contribution < -0.4 is 5.32 Å². The summed E-state index contributed by atoms with van der Waals surface area (Å²) < 4.78 is 0. The first-order valence-corrected chi connectivity index (χ1v) is 7.05. The average molecular weight is 273 g/mol. The van der Waals surface area contributed by atoms with Gasteiger partial charge in [0.1, 0.15) is 0 Å². The van der Waals surface area contributed by atoms with Crippen LogP contribution in [0.1, 0.15) is 23.1 Å².